The van der Waals surface area contributed by atoms with E-state index in [2.05, 4.69) is 53.3 Å². The van der Waals surface area contributed by atoms with Crippen molar-refractivity contribution in [3.63, 3.8) is 0 Å². The molecule has 1 N–H and O–H groups in total. The zero-order valence-corrected chi connectivity index (χ0v) is 35.9. The Labute approximate surface area is 339 Å². The zero-order chi connectivity index (χ0) is 38.7. The number of hydrogen-bond donors (Lipinski definition) is 1. The van der Waals surface area contributed by atoms with Gasteiger partial charge in [0.05, 0.1) is 30.3 Å². The standard InChI is InChI=1S/C50H83N3O2/c1-3-5-7-9-11-13-15-17-19-21-23-25-27-29-31-35-39-54-46-41-45(49-44-50(53-52-49)48-37-33-34-38-51-48)42-47(43-46)55-40-36-32-30-28-26-24-22-20-18-16-14-12-10-8-6-4-2/h33-34,37-38,41-44H,3-32,35-36,39-40H2,1-2H3,(H,52,53). The van der Waals surface area contributed by atoms with Crippen LogP contribution in [0.5, 0.6) is 11.5 Å². The molecule has 0 saturated heterocycles. The van der Waals surface area contributed by atoms with E-state index in [4.69, 9.17) is 9.47 Å². The number of nitrogens with one attached hydrogen (secondary N) is 1. The maximum absolute atomic E-state index is 6.33. The minimum atomic E-state index is 0.736. The Kier molecular flexibility index (Phi) is 28.2. The maximum Gasteiger partial charge on any atom is 0.123 e. The molecule has 5 heteroatoms. The fraction of sp³-hybridized carbons (Fsp3) is 0.720. The van der Waals surface area contributed by atoms with Crippen molar-refractivity contribution in [2.75, 3.05) is 13.2 Å². The van der Waals surface area contributed by atoms with Gasteiger partial charge in [0, 0.05) is 17.8 Å². The number of hydrogen-bond acceptors (Lipinski definition) is 4. The Morgan fingerprint density at radius 2 is 0.800 bits per heavy atom. The lowest BCUT2D eigenvalue weighted by atomic mass is 10.0. The van der Waals surface area contributed by atoms with Gasteiger partial charge >= 0.3 is 0 Å². The second-order valence-corrected chi connectivity index (χ2v) is 16.4. The van der Waals surface area contributed by atoms with Gasteiger partial charge in [-0.2, -0.15) is 5.10 Å². The topological polar surface area (TPSA) is 60.0 Å². The van der Waals surface area contributed by atoms with E-state index in [1.807, 2.05) is 24.4 Å². The lowest BCUT2D eigenvalue weighted by Gasteiger charge is -2.12. The summed E-state index contributed by atoms with van der Waals surface area (Å²) in [5.74, 6) is 1.73. The molecule has 0 amide bonds. The van der Waals surface area contributed by atoms with Crippen molar-refractivity contribution >= 4 is 0 Å². The molecule has 0 aliphatic rings. The van der Waals surface area contributed by atoms with Crippen LogP contribution in [0.1, 0.15) is 219 Å². The van der Waals surface area contributed by atoms with Crippen LogP contribution in [0.4, 0.5) is 0 Å². The molecule has 1 aromatic carbocycles. The van der Waals surface area contributed by atoms with Crippen molar-refractivity contribution in [2.45, 2.75) is 219 Å². The molecule has 0 radical (unpaired) electrons. The van der Waals surface area contributed by atoms with Crippen molar-refractivity contribution in [1.29, 1.82) is 0 Å². The molecular weight excluding hydrogens is 675 g/mol. The summed E-state index contributed by atoms with van der Waals surface area (Å²) in [5, 5.41) is 7.81. The van der Waals surface area contributed by atoms with Gasteiger partial charge in [-0.15, -0.1) is 0 Å². The molecule has 3 aromatic rings. The van der Waals surface area contributed by atoms with Gasteiger partial charge in [0.2, 0.25) is 0 Å². The molecule has 0 aliphatic carbocycles. The van der Waals surface area contributed by atoms with Crippen molar-refractivity contribution in [3.05, 3.63) is 48.7 Å². The highest BCUT2D eigenvalue weighted by molar-refractivity contribution is 5.68. The average molecular weight is 758 g/mol. The van der Waals surface area contributed by atoms with Crippen molar-refractivity contribution in [2.24, 2.45) is 0 Å². The van der Waals surface area contributed by atoms with Crippen LogP contribution in [0.25, 0.3) is 22.6 Å². The first-order valence-corrected chi connectivity index (χ1v) is 23.7. The van der Waals surface area contributed by atoms with E-state index in [0.717, 1.165) is 60.2 Å². The number of unbranched alkanes of at least 4 members (excludes halogenated alkanes) is 30. The third kappa shape index (κ3) is 23.8. The quantitative estimate of drug-likeness (QED) is 0.0591. The van der Waals surface area contributed by atoms with E-state index in [1.165, 1.54) is 193 Å². The van der Waals surface area contributed by atoms with Crippen LogP contribution in [0.15, 0.2) is 48.7 Å². The highest BCUT2D eigenvalue weighted by atomic mass is 16.5. The summed E-state index contributed by atoms with van der Waals surface area (Å²) in [7, 11) is 0. The van der Waals surface area contributed by atoms with Crippen LogP contribution in [0.2, 0.25) is 0 Å². The number of pyridine rings is 1. The number of nitrogens with zero attached hydrogens (tertiary/aromatic N) is 2. The summed E-state index contributed by atoms with van der Waals surface area (Å²) in [6.07, 6.45) is 45.8. The molecule has 2 aromatic heterocycles. The first kappa shape index (κ1) is 46.6. The fourth-order valence-electron chi connectivity index (χ4n) is 7.69. The predicted octanol–water partition coefficient (Wildman–Crippen LogP) is 16.4. The summed E-state index contributed by atoms with van der Waals surface area (Å²) in [4.78, 5) is 4.49. The minimum Gasteiger partial charge on any atom is -0.493 e. The largest absolute Gasteiger partial charge is 0.493 e. The van der Waals surface area contributed by atoms with E-state index in [0.29, 0.717) is 0 Å². The van der Waals surface area contributed by atoms with Crippen LogP contribution in [-0.4, -0.2) is 28.4 Å². The normalized spacial score (nSPS) is 11.4. The SMILES string of the molecule is CCCCCCCCCCCCCCCCCCOc1cc(OCCCCCCCCCCCCCCCCCC)cc(-c2cc(-c3ccccn3)[nH]n2)c1. The Morgan fingerprint density at radius 1 is 0.418 bits per heavy atom. The third-order valence-corrected chi connectivity index (χ3v) is 11.2. The lowest BCUT2D eigenvalue weighted by Crippen LogP contribution is -2.01. The lowest BCUT2D eigenvalue weighted by molar-refractivity contribution is 0.290. The summed E-state index contributed by atoms with van der Waals surface area (Å²) in [6, 6.07) is 14.3. The number of aromatic amines is 1. The predicted molar refractivity (Wildman–Crippen MR) is 237 cm³/mol. The van der Waals surface area contributed by atoms with Crippen molar-refractivity contribution in [1.82, 2.24) is 15.2 Å². The van der Waals surface area contributed by atoms with Gasteiger partial charge in [-0.05, 0) is 43.2 Å². The van der Waals surface area contributed by atoms with Gasteiger partial charge in [0.1, 0.15) is 11.5 Å². The molecule has 0 aliphatic heterocycles. The average Bonchev–Trinajstić information content (AvgIpc) is 3.71. The van der Waals surface area contributed by atoms with Crippen LogP contribution >= 0.6 is 0 Å². The summed E-state index contributed by atoms with van der Waals surface area (Å²) in [5.41, 5.74) is 3.67. The smallest absolute Gasteiger partial charge is 0.123 e. The Morgan fingerprint density at radius 3 is 1.16 bits per heavy atom. The van der Waals surface area contributed by atoms with Crippen molar-refractivity contribution < 1.29 is 9.47 Å². The van der Waals surface area contributed by atoms with Gasteiger partial charge in [-0.1, -0.05) is 213 Å². The number of ether oxygens (including phenoxy) is 2. The number of H-pyrrole nitrogens is 1. The maximum atomic E-state index is 6.33. The molecule has 5 nitrogen and oxygen atoms in total. The highest BCUT2D eigenvalue weighted by Crippen LogP contribution is 2.31. The second-order valence-electron chi connectivity index (χ2n) is 16.4. The Hall–Kier alpha value is -2.82. The molecular formula is C50H83N3O2. The Balaban J connectivity index is 1.29. The first-order chi connectivity index (χ1) is 27.3. The molecule has 0 saturated carbocycles. The van der Waals surface area contributed by atoms with Gasteiger partial charge < -0.3 is 9.47 Å². The molecule has 0 bridgehead atoms. The van der Waals surface area contributed by atoms with E-state index in [9.17, 15) is 0 Å². The molecule has 0 spiro atoms. The molecule has 310 valence electrons. The summed E-state index contributed by atoms with van der Waals surface area (Å²) < 4.78 is 12.7. The number of aromatic nitrogens is 3. The van der Waals surface area contributed by atoms with Crippen LogP contribution in [0.3, 0.4) is 0 Å². The highest BCUT2D eigenvalue weighted by Gasteiger charge is 2.11. The van der Waals surface area contributed by atoms with Crippen LogP contribution in [0, 0.1) is 0 Å². The first-order valence-electron chi connectivity index (χ1n) is 23.7. The van der Waals surface area contributed by atoms with Gasteiger partial charge in [0.25, 0.3) is 0 Å². The van der Waals surface area contributed by atoms with E-state index < -0.39 is 0 Å². The number of benzene rings is 1. The van der Waals surface area contributed by atoms with Crippen LogP contribution < -0.4 is 9.47 Å². The third-order valence-electron chi connectivity index (χ3n) is 11.2. The van der Waals surface area contributed by atoms with E-state index >= 15 is 0 Å². The monoisotopic (exact) mass is 758 g/mol. The van der Waals surface area contributed by atoms with Crippen molar-refractivity contribution in [3.8, 4) is 34.1 Å². The van der Waals surface area contributed by atoms with E-state index in [1.54, 1.807) is 0 Å². The molecule has 55 heavy (non-hydrogen) atoms. The number of rotatable bonds is 38. The van der Waals surface area contributed by atoms with Gasteiger partial charge in [0.15, 0.2) is 0 Å². The summed E-state index contributed by atoms with van der Waals surface area (Å²) in [6.45, 7) is 6.07. The molecule has 2 heterocycles. The molecule has 0 fully saturated rings. The van der Waals surface area contributed by atoms with Gasteiger partial charge in [-0.3, -0.25) is 10.1 Å². The molecule has 0 atom stereocenters. The summed E-state index contributed by atoms with van der Waals surface area (Å²) >= 11 is 0. The van der Waals surface area contributed by atoms with Crippen LogP contribution in [-0.2, 0) is 0 Å². The fourth-order valence-corrected chi connectivity index (χ4v) is 7.69. The van der Waals surface area contributed by atoms with Gasteiger partial charge in [-0.25, -0.2) is 0 Å². The Bertz CT molecular complexity index is 1220. The molecule has 3 rings (SSSR count). The minimum absolute atomic E-state index is 0.736. The van der Waals surface area contributed by atoms with E-state index in [-0.39, 0.29) is 0 Å². The zero-order valence-electron chi connectivity index (χ0n) is 35.9. The molecule has 0 unspecified atom stereocenters. The second kappa shape index (κ2) is 33.3.